The Morgan fingerprint density at radius 1 is 1.00 bits per heavy atom. The smallest absolute Gasteiger partial charge is 0.108 e. The quantitative estimate of drug-likeness (QED) is 0.530. The summed E-state index contributed by atoms with van der Waals surface area (Å²) in [7, 11) is 4.90. The van der Waals surface area contributed by atoms with E-state index in [0.717, 1.165) is 0 Å². The van der Waals surface area contributed by atoms with Crippen molar-refractivity contribution in [2.24, 2.45) is 0 Å². The fourth-order valence-corrected chi connectivity index (χ4v) is 0.738. The Kier molecular flexibility index (Phi) is 8.91. The summed E-state index contributed by atoms with van der Waals surface area (Å²) in [6.45, 7) is 2.21. The minimum Gasteiger partial charge on any atom is -0.108 e. The molecule has 0 radical (unpaired) electrons. The Morgan fingerprint density at radius 2 is 1.36 bits per heavy atom. The maximum absolute atomic E-state index is 2.21. The van der Waals surface area contributed by atoms with Gasteiger partial charge >= 0.3 is 0 Å². The van der Waals surface area contributed by atoms with Crippen LogP contribution in [0.4, 0.5) is 0 Å². The predicted octanol–water partition coefficient (Wildman–Crippen LogP) is 0.518. The second-order valence-electron chi connectivity index (χ2n) is 2.51. The topological polar surface area (TPSA) is 0 Å². The molecule has 0 saturated carbocycles. The van der Waals surface area contributed by atoms with E-state index in [1.54, 1.807) is 0 Å². The minimum absolute atomic E-state index is 1.34. The van der Waals surface area contributed by atoms with E-state index in [-0.39, 0.29) is 0 Å². The van der Waals surface area contributed by atoms with Gasteiger partial charge in [-0.05, 0) is 0 Å². The second kappa shape index (κ2) is 9.41. The van der Waals surface area contributed by atoms with Gasteiger partial charge in [-0.15, -0.1) is 6.22 Å². The average molecular weight is 144 g/mol. The average Bonchev–Trinajstić information content (AvgIpc) is 2.10. The highest BCUT2D eigenvalue weighted by atomic mass is 13.6. The predicted molar refractivity (Wildman–Crippen MR) is 60.0 cm³/mol. The Bertz CT molecular complexity index is 113. The van der Waals surface area contributed by atoms with Gasteiger partial charge in [0.15, 0.2) is 0 Å². The lowest BCUT2D eigenvalue weighted by molar-refractivity contribution is 1.72. The van der Waals surface area contributed by atoms with Crippen LogP contribution in [0.25, 0.3) is 0 Å². The first-order valence-corrected chi connectivity index (χ1v) is 4.41. The van der Waals surface area contributed by atoms with Crippen LogP contribution < -0.4 is 0 Å². The molecule has 56 valence electrons. The Morgan fingerprint density at radius 3 is 1.45 bits per heavy atom. The van der Waals surface area contributed by atoms with Gasteiger partial charge < -0.3 is 0 Å². The van der Waals surface area contributed by atoms with Crippen molar-refractivity contribution in [2.75, 3.05) is 0 Å². The summed E-state index contributed by atoms with van der Waals surface area (Å²) in [4.78, 5) is 0. The summed E-state index contributed by atoms with van der Waals surface area (Å²) >= 11 is 0. The van der Waals surface area contributed by atoms with Crippen molar-refractivity contribution < 1.29 is 0 Å². The number of benzene rings is 1. The van der Waals surface area contributed by atoms with Crippen LogP contribution in [0.15, 0.2) is 36.4 Å². The molecule has 0 spiro atoms. The maximum Gasteiger partial charge on any atom is 0.109 e. The molecule has 0 fully saturated rings. The minimum atomic E-state index is 1.34. The van der Waals surface area contributed by atoms with Crippen molar-refractivity contribution in [3.8, 4) is 0 Å². The van der Waals surface area contributed by atoms with Gasteiger partial charge in [-0.3, -0.25) is 0 Å². The van der Waals surface area contributed by atoms with Crippen LogP contribution in [-0.2, 0) is 0 Å². The van der Waals surface area contributed by atoms with E-state index >= 15 is 0 Å². The maximum atomic E-state index is 2.21. The van der Waals surface area contributed by atoms with Crippen molar-refractivity contribution in [2.45, 2.75) is 13.0 Å². The monoisotopic (exact) mass is 144 g/mol. The summed E-state index contributed by atoms with van der Waals surface area (Å²) in [5, 5.41) is 0. The fraction of sp³-hybridized carbons (Fsp3) is 0.250. The summed E-state index contributed by atoms with van der Waals surface area (Å²) in [5.41, 5.74) is 0. The molecule has 0 aromatic heterocycles. The van der Waals surface area contributed by atoms with Crippen LogP contribution in [0.3, 0.4) is 0 Å². The SMILES string of the molecule is BBCBC.c1ccccc1. The van der Waals surface area contributed by atoms with E-state index in [9.17, 15) is 0 Å². The number of hydrogen-bond donors (Lipinski definition) is 0. The highest BCUT2D eigenvalue weighted by Gasteiger charge is 1.75. The molecule has 0 amide bonds. The van der Waals surface area contributed by atoms with Crippen LogP contribution in [0, 0.1) is 0 Å². The van der Waals surface area contributed by atoms with E-state index in [4.69, 9.17) is 0 Å². The normalized spacial score (nSPS) is 7.36. The molecule has 11 heavy (non-hydrogen) atoms. The number of rotatable bonds is 2. The third-order valence-corrected chi connectivity index (χ3v) is 1.37. The summed E-state index contributed by atoms with van der Waals surface area (Å²) in [5.74, 6) is 0. The largest absolute Gasteiger partial charge is 0.109 e. The second-order valence-corrected chi connectivity index (χ2v) is 2.51. The third-order valence-electron chi connectivity index (χ3n) is 1.37. The standard InChI is InChI=1S/C6H6.C2H9B3/c1-2-4-6-5-3-1;1-4-2-5-3/h1-6H;4-5H,2-3H2,1H3. The Hall–Kier alpha value is -0.585. The van der Waals surface area contributed by atoms with Crippen molar-refractivity contribution in [3.05, 3.63) is 36.4 Å². The molecule has 0 aliphatic carbocycles. The van der Waals surface area contributed by atoms with Gasteiger partial charge in [0.1, 0.15) is 7.28 Å². The van der Waals surface area contributed by atoms with Crippen molar-refractivity contribution in [3.63, 3.8) is 0 Å². The third kappa shape index (κ3) is 9.41. The lowest BCUT2D eigenvalue weighted by Crippen LogP contribution is -1.90. The van der Waals surface area contributed by atoms with Gasteiger partial charge in [-0.25, -0.2) is 0 Å². The Balaban J connectivity index is 0.000000187. The highest BCUT2D eigenvalue weighted by Crippen LogP contribution is 1.79. The van der Waals surface area contributed by atoms with Gasteiger partial charge in [0.25, 0.3) is 0 Å². The van der Waals surface area contributed by atoms with Crippen LogP contribution in [0.1, 0.15) is 0 Å². The van der Waals surface area contributed by atoms with Gasteiger partial charge in [-0.2, -0.15) is 0 Å². The lowest BCUT2D eigenvalue weighted by Gasteiger charge is -1.73. The molecular weight excluding hydrogens is 129 g/mol. The molecular formula is C8H15B3. The zero-order valence-electron chi connectivity index (χ0n) is 7.59. The van der Waals surface area contributed by atoms with Crippen LogP contribution in [0.2, 0.25) is 13.0 Å². The summed E-state index contributed by atoms with van der Waals surface area (Å²) < 4.78 is 0. The van der Waals surface area contributed by atoms with Gasteiger partial charge in [0.2, 0.25) is 0 Å². The first-order valence-electron chi connectivity index (χ1n) is 4.41. The fourth-order valence-electron chi connectivity index (χ4n) is 0.738. The molecule has 0 saturated heterocycles. The highest BCUT2D eigenvalue weighted by molar-refractivity contribution is 6.93. The molecule has 0 atom stereocenters. The molecule has 0 N–H and O–H groups in total. The molecule has 0 aliphatic rings. The zero-order valence-corrected chi connectivity index (χ0v) is 7.59. The zero-order chi connectivity index (χ0) is 8.36. The molecule has 3 heteroatoms. The molecule has 1 aromatic rings. The molecule has 1 rings (SSSR count). The summed E-state index contributed by atoms with van der Waals surface area (Å²) in [6, 6.07) is 12.0. The van der Waals surface area contributed by atoms with Gasteiger partial charge in [0, 0.05) is 0 Å². The molecule has 1 aromatic carbocycles. The van der Waals surface area contributed by atoms with E-state index in [1.165, 1.54) is 20.7 Å². The molecule has 0 aliphatic heterocycles. The molecule has 0 nitrogen and oxygen atoms in total. The first-order chi connectivity index (χ1) is 5.41. The van der Waals surface area contributed by atoms with E-state index < -0.39 is 0 Å². The summed E-state index contributed by atoms with van der Waals surface area (Å²) in [6.07, 6.45) is 1.39. The van der Waals surface area contributed by atoms with Crippen molar-refractivity contribution >= 4 is 22.2 Å². The van der Waals surface area contributed by atoms with Crippen LogP contribution in [-0.4, -0.2) is 22.2 Å². The van der Waals surface area contributed by atoms with Gasteiger partial charge in [0.05, 0.1) is 14.9 Å². The van der Waals surface area contributed by atoms with Crippen LogP contribution in [0.5, 0.6) is 0 Å². The lowest BCUT2D eigenvalue weighted by atomic mass is 9.44. The van der Waals surface area contributed by atoms with Crippen LogP contribution >= 0.6 is 0 Å². The molecule has 0 bridgehead atoms. The van der Waals surface area contributed by atoms with Gasteiger partial charge in [-0.1, -0.05) is 43.2 Å². The van der Waals surface area contributed by atoms with E-state index in [0.29, 0.717) is 0 Å². The first kappa shape index (κ1) is 10.4. The molecule has 0 heterocycles. The molecule has 0 unspecified atom stereocenters. The number of hydrogen-bond acceptors (Lipinski definition) is 0. The van der Waals surface area contributed by atoms with Crippen molar-refractivity contribution in [1.29, 1.82) is 0 Å². The van der Waals surface area contributed by atoms with E-state index in [2.05, 4.69) is 14.6 Å². The van der Waals surface area contributed by atoms with E-state index in [1.807, 2.05) is 36.4 Å². The Labute approximate surface area is 72.3 Å². The van der Waals surface area contributed by atoms with Crippen molar-refractivity contribution in [1.82, 2.24) is 0 Å².